The smallest absolute Gasteiger partial charge is 0.255 e. The average molecular weight is 529 g/mol. The zero-order valence-corrected chi connectivity index (χ0v) is 19.5. The quantitative estimate of drug-likeness (QED) is 0.603. The van der Waals surface area contributed by atoms with Gasteiger partial charge in [0, 0.05) is 36.9 Å². The van der Waals surface area contributed by atoms with Crippen molar-refractivity contribution in [3.63, 3.8) is 0 Å². The number of amides is 1. The molecule has 2 aromatic rings. The molecule has 1 aliphatic rings. The van der Waals surface area contributed by atoms with Crippen molar-refractivity contribution < 1.29 is 17.9 Å². The molecule has 0 spiro atoms. The number of nitrogens with one attached hydrogen (secondary N) is 1. The van der Waals surface area contributed by atoms with Crippen LogP contribution in [0.25, 0.3) is 0 Å². The minimum absolute atomic E-state index is 0.171. The lowest BCUT2D eigenvalue weighted by Gasteiger charge is -2.36. The van der Waals surface area contributed by atoms with E-state index in [4.69, 9.17) is 4.74 Å². The second-order valence-corrected chi connectivity index (χ2v) is 10.1. The summed E-state index contributed by atoms with van der Waals surface area (Å²) in [5.41, 5.74) is 1.03. The molecule has 1 fully saturated rings. The number of rotatable bonds is 5. The van der Waals surface area contributed by atoms with Crippen LogP contribution in [0.4, 0.5) is 5.69 Å². The van der Waals surface area contributed by atoms with E-state index in [2.05, 4.69) is 32.8 Å². The first-order valence-electron chi connectivity index (χ1n) is 9.17. The highest BCUT2D eigenvalue weighted by Crippen LogP contribution is 2.24. The third-order valence-corrected chi connectivity index (χ3v) is 7.81. The lowest BCUT2D eigenvalue weighted by molar-refractivity contribution is 0.102. The number of halogens is 1. The third-order valence-electron chi connectivity index (χ3n) is 5.09. The van der Waals surface area contributed by atoms with Crippen LogP contribution in [0, 0.1) is 3.57 Å². The molecule has 2 aromatic carbocycles. The van der Waals surface area contributed by atoms with Gasteiger partial charge < -0.3 is 15.0 Å². The molecule has 1 amide bonds. The van der Waals surface area contributed by atoms with Gasteiger partial charge >= 0.3 is 0 Å². The number of sulfonamides is 1. The summed E-state index contributed by atoms with van der Waals surface area (Å²) in [7, 11) is 0.0250. The molecule has 0 bridgehead atoms. The Morgan fingerprint density at radius 1 is 1.17 bits per heavy atom. The van der Waals surface area contributed by atoms with Gasteiger partial charge in [-0.15, -0.1) is 0 Å². The number of carbonyl (C=O) groups is 1. The van der Waals surface area contributed by atoms with Gasteiger partial charge in [-0.2, -0.15) is 4.31 Å². The summed E-state index contributed by atoms with van der Waals surface area (Å²) in [5, 5.41) is 2.80. The highest BCUT2D eigenvalue weighted by molar-refractivity contribution is 14.1. The molecular formula is C20H24IN3O4S. The molecule has 1 atom stereocenters. The maximum atomic E-state index is 12.9. The van der Waals surface area contributed by atoms with Gasteiger partial charge in [-0.25, -0.2) is 8.42 Å². The summed E-state index contributed by atoms with van der Waals surface area (Å²) < 4.78 is 33.4. The minimum Gasteiger partial charge on any atom is -0.496 e. The zero-order chi connectivity index (χ0) is 21.2. The van der Waals surface area contributed by atoms with Crippen LogP contribution in [0.3, 0.4) is 0 Å². The predicted octanol–water partition coefficient (Wildman–Crippen LogP) is 2.88. The van der Waals surface area contributed by atoms with Crippen LogP contribution in [0.15, 0.2) is 47.4 Å². The highest BCUT2D eigenvalue weighted by Gasteiger charge is 2.30. The Labute approximate surface area is 185 Å². The molecule has 0 unspecified atom stereocenters. The summed E-state index contributed by atoms with van der Waals surface area (Å²) in [6.07, 6.45) is 0. The summed E-state index contributed by atoms with van der Waals surface area (Å²) >= 11 is 2.11. The number of carbonyl (C=O) groups excluding carboxylic acids is 1. The first-order chi connectivity index (χ1) is 13.7. The second kappa shape index (κ2) is 8.99. The van der Waals surface area contributed by atoms with Crippen molar-refractivity contribution >= 4 is 44.2 Å². The molecule has 1 saturated heterocycles. The molecule has 0 radical (unpaired) electrons. The number of methoxy groups -OCH3 is 1. The van der Waals surface area contributed by atoms with Crippen molar-refractivity contribution in [2.75, 3.05) is 39.1 Å². The van der Waals surface area contributed by atoms with E-state index < -0.39 is 10.0 Å². The van der Waals surface area contributed by atoms with Crippen molar-refractivity contribution in [2.45, 2.75) is 17.9 Å². The van der Waals surface area contributed by atoms with Gasteiger partial charge in [-0.1, -0.05) is 0 Å². The van der Waals surface area contributed by atoms with E-state index in [-0.39, 0.29) is 16.8 Å². The standard InChI is InChI=1S/C20H24IN3O4S/c1-14-13-24(11-10-23(14)2)29(26,27)17-7-5-16(6-8-17)22-20(25)15-4-9-19(28-3)18(21)12-15/h4-9,12,14H,10-11,13H2,1-3H3,(H,22,25)/t14-/m0/s1. The van der Waals surface area contributed by atoms with Crippen LogP contribution in [-0.2, 0) is 10.0 Å². The van der Waals surface area contributed by atoms with Crippen LogP contribution in [0.2, 0.25) is 0 Å². The topological polar surface area (TPSA) is 78.9 Å². The van der Waals surface area contributed by atoms with Crippen molar-refractivity contribution in [1.29, 1.82) is 0 Å². The van der Waals surface area contributed by atoms with Gasteiger partial charge in [-0.3, -0.25) is 4.79 Å². The predicted molar refractivity (Wildman–Crippen MR) is 121 cm³/mol. The first-order valence-corrected chi connectivity index (χ1v) is 11.7. The van der Waals surface area contributed by atoms with E-state index in [1.54, 1.807) is 37.4 Å². The Bertz CT molecular complexity index is 995. The van der Waals surface area contributed by atoms with Crippen LogP contribution in [-0.4, -0.2) is 63.4 Å². The minimum atomic E-state index is -3.55. The molecule has 1 heterocycles. The van der Waals surface area contributed by atoms with Gasteiger partial charge in [-0.05, 0) is 79.0 Å². The van der Waals surface area contributed by atoms with E-state index in [0.717, 1.165) is 3.57 Å². The normalized spacial score (nSPS) is 18.4. The molecule has 7 nitrogen and oxygen atoms in total. The molecule has 0 aliphatic carbocycles. The van der Waals surface area contributed by atoms with E-state index in [1.807, 2.05) is 14.0 Å². The molecule has 1 aliphatic heterocycles. The lowest BCUT2D eigenvalue weighted by atomic mass is 10.2. The molecule has 0 saturated carbocycles. The second-order valence-electron chi connectivity index (χ2n) is 7.02. The van der Waals surface area contributed by atoms with Crippen molar-refractivity contribution in [3.05, 3.63) is 51.6 Å². The van der Waals surface area contributed by atoms with Gasteiger partial charge in [0.2, 0.25) is 10.0 Å². The SMILES string of the molecule is COc1ccc(C(=O)Nc2ccc(S(=O)(=O)N3CCN(C)[C@@H](C)C3)cc2)cc1I. The number of hydrogen-bond donors (Lipinski definition) is 1. The largest absolute Gasteiger partial charge is 0.496 e. The Kier molecular flexibility index (Phi) is 6.82. The van der Waals surface area contributed by atoms with E-state index in [1.165, 1.54) is 16.4 Å². The highest BCUT2D eigenvalue weighted by atomic mass is 127. The van der Waals surface area contributed by atoms with Crippen molar-refractivity contribution in [2.24, 2.45) is 0 Å². The Morgan fingerprint density at radius 3 is 2.45 bits per heavy atom. The number of likely N-dealkylation sites (N-methyl/N-ethyl adjacent to an activating group) is 1. The van der Waals surface area contributed by atoms with Gasteiger partial charge in [0.05, 0.1) is 15.6 Å². The third kappa shape index (κ3) is 4.90. The van der Waals surface area contributed by atoms with E-state index in [0.29, 0.717) is 36.6 Å². The number of ether oxygens (including phenoxy) is 1. The maximum absolute atomic E-state index is 12.9. The Morgan fingerprint density at radius 2 is 1.86 bits per heavy atom. The van der Waals surface area contributed by atoms with Gasteiger partial charge in [0.1, 0.15) is 5.75 Å². The molecule has 29 heavy (non-hydrogen) atoms. The van der Waals surface area contributed by atoms with Crippen LogP contribution in [0.1, 0.15) is 17.3 Å². The summed E-state index contributed by atoms with van der Waals surface area (Å²) in [4.78, 5) is 14.8. The van der Waals surface area contributed by atoms with Crippen molar-refractivity contribution in [1.82, 2.24) is 9.21 Å². The van der Waals surface area contributed by atoms with Gasteiger partial charge in [0.25, 0.3) is 5.91 Å². The zero-order valence-electron chi connectivity index (χ0n) is 16.6. The number of piperazine rings is 1. The van der Waals surface area contributed by atoms with Crippen molar-refractivity contribution in [3.8, 4) is 5.75 Å². The molecule has 1 N–H and O–H groups in total. The summed E-state index contributed by atoms with van der Waals surface area (Å²) in [6.45, 7) is 3.65. The fourth-order valence-electron chi connectivity index (χ4n) is 3.10. The Hall–Kier alpha value is -1.69. The first kappa shape index (κ1) is 22.0. The average Bonchev–Trinajstić information content (AvgIpc) is 2.70. The Balaban J connectivity index is 1.71. The van der Waals surface area contributed by atoms with Crippen LogP contribution in [0.5, 0.6) is 5.75 Å². The number of hydrogen-bond acceptors (Lipinski definition) is 5. The summed E-state index contributed by atoms with van der Waals surface area (Å²) in [5.74, 6) is 0.434. The monoisotopic (exact) mass is 529 g/mol. The number of anilines is 1. The maximum Gasteiger partial charge on any atom is 0.255 e. The van der Waals surface area contributed by atoms with E-state index in [9.17, 15) is 13.2 Å². The molecular weight excluding hydrogens is 505 g/mol. The van der Waals surface area contributed by atoms with Crippen LogP contribution >= 0.6 is 22.6 Å². The fraction of sp³-hybridized carbons (Fsp3) is 0.350. The van der Waals surface area contributed by atoms with Crippen LogP contribution < -0.4 is 10.1 Å². The molecule has 9 heteroatoms. The van der Waals surface area contributed by atoms with E-state index >= 15 is 0 Å². The molecule has 3 rings (SSSR count). The van der Waals surface area contributed by atoms with Gasteiger partial charge in [0.15, 0.2) is 0 Å². The number of nitrogens with zero attached hydrogens (tertiary/aromatic N) is 2. The fourth-order valence-corrected chi connectivity index (χ4v) is 5.35. The number of benzene rings is 2. The summed E-state index contributed by atoms with van der Waals surface area (Å²) in [6, 6.07) is 11.6. The molecule has 0 aromatic heterocycles. The lowest BCUT2D eigenvalue weighted by Crippen LogP contribution is -2.51. The molecule has 156 valence electrons.